The molecule has 6 nitrogen and oxygen atoms in total. The Kier molecular flexibility index (Phi) is 4.38. The first-order chi connectivity index (χ1) is 11.2. The van der Waals surface area contributed by atoms with E-state index in [1.54, 1.807) is 12.3 Å². The number of nitrogens with one attached hydrogen (secondary N) is 2. The molecule has 0 unspecified atom stereocenters. The number of nitriles is 1. The van der Waals surface area contributed by atoms with Gasteiger partial charge in [-0.2, -0.15) is 5.26 Å². The smallest absolute Gasteiger partial charge is 0.169 e. The first-order valence-corrected chi connectivity index (χ1v) is 7.88. The van der Waals surface area contributed by atoms with Gasteiger partial charge in [-0.3, -0.25) is 4.79 Å². The van der Waals surface area contributed by atoms with E-state index in [2.05, 4.69) is 20.3 Å². The Bertz CT molecular complexity index is 793. The number of carbonyl (C=O) groups is 1. The van der Waals surface area contributed by atoms with E-state index in [9.17, 15) is 4.79 Å². The molecule has 0 amide bonds. The fourth-order valence-electron chi connectivity index (χ4n) is 2.93. The van der Waals surface area contributed by atoms with E-state index in [-0.39, 0.29) is 11.4 Å². The maximum absolute atomic E-state index is 11.3. The standard InChI is InChI=1S/C17H19N5O/c1-11(23)12(8-18)6-7-13-9-19-17-16(13)22-15(10-20-17)21-14-4-2-3-5-14/h6,9-10,14H,2-5,7H2,1H3,(H,19,20)(H,21,22). The second kappa shape index (κ2) is 6.61. The number of anilines is 1. The molecule has 2 N–H and O–H groups in total. The van der Waals surface area contributed by atoms with Crippen LogP contribution in [0.1, 0.15) is 38.2 Å². The highest BCUT2D eigenvalue weighted by Crippen LogP contribution is 2.23. The van der Waals surface area contributed by atoms with Crippen molar-refractivity contribution in [2.45, 2.75) is 45.1 Å². The van der Waals surface area contributed by atoms with Crippen LogP contribution in [0.15, 0.2) is 24.0 Å². The van der Waals surface area contributed by atoms with Crippen LogP contribution in [0.5, 0.6) is 0 Å². The second-order valence-corrected chi connectivity index (χ2v) is 5.88. The molecule has 1 aliphatic carbocycles. The van der Waals surface area contributed by atoms with E-state index in [0.29, 0.717) is 18.1 Å². The number of carbonyl (C=O) groups excluding carboxylic acids is 1. The highest BCUT2D eigenvalue weighted by molar-refractivity contribution is 5.97. The normalized spacial score (nSPS) is 15.7. The van der Waals surface area contributed by atoms with Gasteiger partial charge in [0.2, 0.25) is 0 Å². The molecular formula is C17H19N5O. The number of Topliss-reactive ketones (excluding diaryl/α,β-unsaturated/α-hetero) is 1. The zero-order chi connectivity index (χ0) is 16.2. The summed E-state index contributed by atoms with van der Waals surface area (Å²) in [5, 5.41) is 12.4. The van der Waals surface area contributed by atoms with Gasteiger partial charge < -0.3 is 10.3 Å². The minimum atomic E-state index is -0.220. The Labute approximate surface area is 134 Å². The molecule has 2 aromatic rings. The molecule has 118 valence electrons. The van der Waals surface area contributed by atoms with E-state index in [0.717, 1.165) is 16.9 Å². The third-order valence-corrected chi connectivity index (χ3v) is 4.19. The molecule has 0 atom stereocenters. The topological polar surface area (TPSA) is 94.5 Å². The minimum Gasteiger partial charge on any atom is -0.366 e. The molecule has 1 aliphatic rings. The predicted molar refractivity (Wildman–Crippen MR) is 87.8 cm³/mol. The highest BCUT2D eigenvalue weighted by Gasteiger charge is 2.16. The molecular weight excluding hydrogens is 290 g/mol. The number of rotatable bonds is 5. The zero-order valence-corrected chi connectivity index (χ0v) is 13.1. The summed E-state index contributed by atoms with van der Waals surface area (Å²) in [7, 11) is 0. The van der Waals surface area contributed by atoms with E-state index in [4.69, 9.17) is 5.26 Å². The predicted octanol–water partition coefficient (Wildman–Crippen LogP) is 2.89. The van der Waals surface area contributed by atoms with Crippen molar-refractivity contribution >= 4 is 22.8 Å². The number of hydrogen-bond acceptors (Lipinski definition) is 5. The molecule has 0 aliphatic heterocycles. The maximum atomic E-state index is 11.3. The fourth-order valence-corrected chi connectivity index (χ4v) is 2.93. The van der Waals surface area contributed by atoms with Crippen LogP contribution in [0.4, 0.5) is 5.82 Å². The fraction of sp³-hybridized carbons (Fsp3) is 0.412. The van der Waals surface area contributed by atoms with Crippen molar-refractivity contribution in [3.8, 4) is 6.07 Å². The molecule has 0 spiro atoms. The highest BCUT2D eigenvalue weighted by atomic mass is 16.1. The molecule has 2 aromatic heterocycles. The third-order valence-electron chi connectivity index (χ3n) is 4.19. The molecule has 1 saturated carbocycles. The average Bonchev–Trinajstić information content (AvgIpc) is 3.17. The van der Waals surface area contributed by atoms with Gasteiger partial charge in [0.15, 0.2) is 11.4 Å². The summed E-state index contributed by atoms with van der Waals surface area (Å²) in [6.45, 7) is 1.40. The van der Waals surface area contributed by atoms with Crippen molar-refractivity contribution in [2.75, 3.05) is 5.32 Å². The lowest BCUT2D eigenvalue weighted by Crippen LogP contribution is -2.15. The Morgan fingerprint density at radius 3 is 3.00 bits per heavy atom. The Morgan fingerprint density at radius 2 is 2.30 bits per heavy atom. The van der Waals surface area contributed by atoms with Crippen LogP contribution in [-0.2, 0) is 11.2 Å². The van der Waals surface area contributed by atoms with Gasteiger partial charge in [0.25, 0.3) is 0 Å². The molecule has 2 heterocycles. The largest absolute Gasteiger partial charge is 0.366 e. The van der Waals surface area contributed by atoms with Crippen molar-refractivity contribution in [2.24, 2.45) is 0 Å². The van der Waals surface area contributed by atoms with Crippen molar-refractivity contribution in [3.63, 3.8) is 0 Å². The lowest BCUT2D eigenvalue weighted by Gasteiger charge is -2.12. The van der Waals surface area contributed by atoms with E-state index in [1.165, 1.54) is 32.6 Å². The molecule has 0 aromatic carbocycles. The number of allylic oxidation sites excluding steroid dienone is 2. The number of hydrogen-bond donors (Lipinski definition) is 2. The van der Waals surface area contributed by atoms with Crippen molar-refractivity contribution < 1.29 is 4.79 Å². The minimum absolute atomic E-state index is 0.174. The first-order valence-electron chi connectivity index (χ1n) is 7.88. The summed E-state index contributed by atoms with van der Waals surface area (Å²) >= 11 is 0. The van der Waals surface area contributed by atoms with Crippen LogP contribution in [0, 0.1) is 11.3 Å². The summed E-state index contributed by atoms with van der Waals surface area (Å²) in [4.78, 5) is 23.4. The molecule has 6 heteroatoms. The van der Waals surface area contributed by atoms with Gasteiger partial charge >= 0.3 is 0 Å². The summed E-state index contributed by atoms with van der Waals surface area (Å²) in [6.07, 6.45) is 10.6. The average molecular weight is 309 g/mol. The zero-order valence-electron chi connectivity index (χ0n) is 13.1. The van der Waals surface area contributed by atoms with Crippen LogP contribution in [0.25, 0.3) is 11.2 Å². The summed E-state index contributed by atoms with van der Waals surface area (Å²) in [5.74, 6) is 0.559. The van der Waals surface area contributed by atoms with E-state index in [1.807, 2.05) is 12.3 Å². The molecule has 0 bridgehead atoms. The first kappa shape index (κ1) is 15.2. The number of H-pyrrole nitrogens is 1. The second-order valence-electron chi connectivity index (χ2n) is 5.88. The van der Waals surface area contributed by atoms with Gasteiger partial charge in [-0.1, -0.05) is 18.9 Å². The van der Waals surface area contributed by atoms with Crippen molar-refractivity contribution in [1.82, 2.24) is 15.0 Å². The Hall–Kier alpha value is -2.68. The van der Waals surface area contributed by atoms with Crippen molar-refractivity contribution in [3.05, 3.63) is 29.6 Å². The van der Waals surface area contributed by atoms with Crippen LogP contribution >= 0.6 is 0 Å². The van der Waals surface area contributed by atoms with E-state index >= 15 is 0 Å². The van der Waals surface area contributed by atoms with Gasteiger partial charge in [-0.05, 0) is 26.2 Å². The molecule has 3 rings (SSSR count). The number of ketones is 1. The van der Waals surface area contributed by atoms with Crippen LogP contribution in [-0.4, -0.2) is 26.8 Å². The molecule has 1 fully saturated rings. The van der Waals surface area contributed by atoms with Crippen molar-refractivity contribution in [1.29, 1.82) is 5.26 Å². The summed E-state index contributed by atoms with van der Waals surface area (Å²) < 4.78 is 0. The molecule has 0 saturated heterocycles. The lowest BCUT2D eigenvalue weighted by atomic mass is 10.1. The van der Waals surface area contributed by atoms with Crippen LogP contribution in [0.3, 0.4) is 0 Å². The van der Waals surface area contributed by atoms with Gasteiger partial charge in [0, 0.05) is 17.8 Å². The lowest BCUT2D eigenvalue weighted by molar-refractivity contribution is -0.113. The number of fused-ring (bicyclic) bond motifs is 1. The van der Waals surface area contributed by atoms with Gasteiger partial charge in [0.1, 0.15) is 17.4 Å². The quantitative estimate of drug-likeness (QED) is 0.654. The van der Waals surface area contributed by atoms with E-state index < -0.39 is 0 Å². The summed E-state index contributed by atoms with van der Waals surface area (Å²) in [5.41, 5.74) is 2.60. The van der Waals surface area contributed by atoms with Gasteiger partial charge in [0.05, 0.1) is 11.8 Å². The summed E-state index contributed by atoms with van der Waals surface area (Å²) in [6, 6.07) is 2.40. The van der Waals surface area contributed by atoms with Crippen LogP contribution < -0.4 is 5.32 Å². The Morgan fingerprint density at radius 1 is 1.52 bits per heavy atom. The monoisotopic (exact) mass is 309 g/mol. The number of aromatic amines is 1. The SMILES string of the molecule is CC(=O)C(C#N)=CCc1c[nH]c2ncc(NC3CCCC3)nc12. The number of aromatic nitrogens is 3. The Balaban J connectivity index is 1.83. The third kappa shape index (κ3) is 3.39. The van der Waals surface area contributed by atoms with Gasteiger partial charge in [-0.25, -0.2) is 9.97 Å². The molecule has 23 heavy (non-hydrogen) atoms. The van der Waals surface area contributed by atoms with Crippen LogP contribution in [0.2, 0.25) is 0 Å². The number of nitrogens with zero attached hydrogens (tertiary/aromatic N) is 3. The van der Waals surface area contributed by atoms with Gasteiger partial charge in [-0.15, -0.1) is 0 Å². The molecule has 0 radical (unpaired) electrons. The maximum Gasteiger partial charge on any atom is 0.169 e.